The van der Waals surface area contributed by atoms with Gasteiger partial charge in [0, 0.05) is 48.1 Å². The van der Waals surface area contributed by atoms with Gasteiger partial charge in [0.25, 0.3) is 0 Å². The molecule has 0 fully saturated rings. The van der Waals surface area contributed by atoms with Crippen LogP contribution in [0.3, 0.4) is 0 Å². The van der Waals surface area contributed by atoms with E-state index < -0.39 is 11.7 Å². The Hall–Kier alpha value is -3.87. The first-order valence-electron chi connectivity index (χ1n) is 11.4. The molecule has 34 heavy (non-hydrogen) atoms. The van der Waals surface area contributed by atoms with Gasteiger partial charge in [-0.25, -0.2) is 14.8 Å². The van der Waals surface area contributed by atoms with Gasteiger partial charge in [-0.3, -0.25) is 9.98 Å². The summed E-state index contributed by atoms with van der Waals surface area (Å²) in [7, 11) is 0. The first-order chi connectivity index (χ1) is 16.4. The minimum Gasteiger partial charge on any atom is -0.444 e. The van der Waals surface area contributed by atoms with Crippen molar-refractivity contribution in [1.29, 1.82) is 0 Å². The Kier molecular flexibility index (Phi) is 7.11. The number of hydrogen-bond acceptors (Lipinski definition) is 6. The van der Waals surface area contributed by atoms with Crippen LogP contribution >= 0.6 is 0 Å². The predicted molar refractivity (Wildman–Crippen MR) is 137 cm³/mol. The van der Waals surface area contributed by atoms with Crippen molar-refractivity contribution in [1.82, 2.24) is 15.3 Å². The third-order valence-electron chi connectivity index (χ3n) is 5.22. The molecule has 0 atom stereocenters. The fourth-order valence-electron chi connectivity index (χ4n) is 3.55. The SMILES string of the molecule is CC(C)(C)OC(=O)NCCC1=CC=C(c2cnc(-c3cccc(C4=CCN=C4)c3)nc2)C=NC1. The molecule has 0 aliphatic carbocycles. The van der Waals surface area contributed by atoms with E-state index in [9.17, 15) is 4.79 Å². The molecule has 7 heteroatoms. The Morgan fingerprint density at radius 1 is 1.00 bits per heavy atom. The van der Waals surface area contributed by atoms with Crippen LogP contribution in [-0.2, 0) is 4.74 Å². The smallest absolute Gasteiger partial charge is 0.407 e. The molecule has 2 aliphatic rings. The number of nitrogens with zero attached hydrogens (tertiary/aromatic N) is 4. The fourth-order valence-corrected chi connectivity index (χ4v) is 3.55. The van der Waals surface area contributed by atoms with Gasteiger partial charge in [0.2, 0.25) is 0 Å². The molecule has 1 aromatic carbocycles. The summed E-state index contributed by atoms with van der Waals surface area (Å²) in [5.41, 5.74) is 5.68. The molecule has 2 aromatic rings. The minimum absolute atomic E-state index is 0.405. The number of benzene rings is 1. The summed E-state index contributed by atoms with van der Waals surface area (Å²) in [5, 5.41) is 2.79. The number of aromatic nitrogens is 2. The molecule has 7 nitrogen and oxygen atoms in total. The number of carbonyl (C=O) groups excluding carboxylic acids is 1. The molecule has 1 N–H and O–H groups in total. The van der Waals surface area contributed by atoms with Crippen molar-refractivity contribution in [2.24, 2.45) is 9.98 Å². The van der Waals surface area contributed by atoms with Crippen molar-refractivity contribution in [3.05, 3.63) is 71.6 Å². The average molecular weight is 456 g/mol. The zero-order chi connectivity index (χ0) is 24.0. The minimum atomic E-state index is -0.504. The van der Waals surface area contributed by atoms with Crippen LogP contribution in [0.1, 0.15) is 38.3 Å². The van der Waals surface area contributed by atoms with Gasteiger partial charge in [-0.2, -0.15) is 0 Å². The summed E-state index contributed by atoms with van der Waals surface area (Å²) >= 11 is 0. The van der Waals surface area contributed by atoms with Crippen LogP contribution in [0.5, 0.6) is 0 Å². The van der Waals surface area contributed by atoms with Crippen LogP contribution in [-0.4, -0.2) is 53.7 Å². The lowest BCUT2D eigenvalue weighted by molar-refractivity contribution is 0.0528. The average Bonchev–Trinajstić information content (AvgIpc) is 3.25. The highest BCUT2D eigenvalue weighted by molar-refractivity contribution is 6.12. The summed E-state index contributed by atoms with van der Waals surface area (Å²) in [6, 6.07) is 8.18. The molecule has 0 unspecified atom stereocenters. The van der Waals surface area contributed by atoms with Crippen molar-refractivity contribution < 1.29 is 9.53 Å². The second kappa shape index (κ2) is 10.4. The Bertz CT molecular complexity index is 1200. The van der Waals surface area contributed by atoms with Gasteiger partial charge >= 0.3 is 6.09 Å². The highest BCUT2D eigenvalue weighted by Gasteiger charge is 2.15. The standard InChI is InChI=1S/C27H29N5O2/c1-27(2,3)34-26(33)30-12-9-19-7-8-22(16-29-14-19)24-17-31-25(32-18-24)21-6-4-5-20(13-21)23-10-11-28-15-23/h4-8,10,13,15-18H,9,11-12,14H2,1-3H3,(H,30,33). The van der Waals surface area contributed by atoms with Gasteiger partial charge in [0.05, 0.1) is 13.1 Å². The van der Waals surface area contributed by atoms with Crippen LogP contribution in [0.4, 0.5) is 4.79 Å². The molecular weight excluding hydrogens is 426 g/mol. The molecule has 174 valence electrons. The molecule has 0 bridgehead atoms. The summed E-state index contributed by atoms with van der Waals surface area (Å²) < 4.78 is 5.27. The van der Waals surface area contributed by atoms with E-state index in [2.05, 4.69) is 43.5 Å². The summed E-state index contributed by atoms with van der Waals surface area (Å²) in [5.74, 6) is 0.678. The summed E-state index contributed by atoms with van der Waals surface area (Å²) in [6.45, 7) is 7.35. The molecule has 2 aliphatic heterocycles. The number of aliphatic imine (C=N–C) groups is 2. The topological polar surface area (TPSA) is 88.8 Å². The number of nitrogens with one attached hydrogen (secondary N) is 1. The van der Waals surface area contributed by atoms with Crippen LogP contribution in [0.2, 0.25) is 0 Å². The second-order valence-electron chi connectivity index (χ2n) is 9.13. The molecule has 1 aromatic heterocycles. The lowest BCUT2D eigenvalue weighted by atomic mass is 10.0. The van der Waals surface area contributed by atoms with Crippen molar-refractivity contribution in [3.8, 4) is 11.4 Å². The molecule has 3 heterocycles. The molecule has 1 amide bonds. The fraction of sp³-hybridized carbons (Fsp3) is 0.296. The number of allylic oxidation sites excluding steroid dienone is 4. The quantitative estimate of drug-likeness (QED) is 0.670. The predicted octanol–water partition coefficient (Wildman–Crippen LogP) is 4.92. The van der Waals surface area contributed by atoms with Gasteiger partial charge in [-0.05, 0) is 50.0 Å². The summed E-state index contributed by atoms with van der Waals surface area (Å²) in [4.78, 5) is 29.8. The van der Waals surface area contributed by atoms with E-state index in [-0.39, 0.29) is 0 Å². The lowest BCUT2D eigenvalue weighted by Crippen LogP contribution is -2.33. The summed E-state index contributed by atoms with van der Waals surface area (Å²) in [6.07, 6.45) is 13.9. The Morgan fingerprint density at radius 3 is 2.50 bits per heavy atom. The van der Waals surface area contributed by atoms with E-state index in [0.29, 0.717) is 25.3 Å². The molecule has 0 saturated heterocycles. The number of amides is 1. The van der Waals surface area contributed by atoms with Crippen molar-refractivity contribution >= 4 is 29.7 Å². The van der Waals surface area contributed by atoms with Crippen LogP contribution in [0.15, 0.2) is 70.4 Å². The Labute approximate surface area is 200 Å². The number of alkyl carbamates (subject to hydrolysis) is 1. The lowest BCUT2D eigenvalue weighted by Gasteiger charge is -2.19. The first kappa shape index (κ1) is 23.3. The third kappa shape index (κ3) is 6.34. The zero-order valence-corrected chi connectivity index (χ0v) is 19.8. The third-order valence-corrected chi connectivity index (χ3v) is 5.22. The maximum Gasteiger partial charge on any atom is 0.407 e. The van der Waals surface area contributed by atoms with Gasteiger partial charge < -0.3 is 10.1 Å². The molecule has 0 spiro atoms. The van der Waals surface area contributed by atoms with E-state index in [4.69, 9.17) is 4.74 Å². The molecule has 0 saturated carbocycles. The van der Waals surface area contributed by atoms with E-state index in [1.54, 1.807) is 0 Å². The van der Waals surface area contributed by atoms with Crippen LogP contribution in [0.25, 0.3) is 22.5 Å². The van der Waals surface area contributed by atoms with Crippen molar-refractivity contribution in [3.63, 3.8) is 0 Å². The second-order valence-corrected chi connectivity index (χ2v) is 9.13. The van der Waals surface area contributed by atoms with Crippen molar-refractivity contribution in [2.75, 3.05) is 19.6 Å². The maximum atomic E-state index is 11.8. The number of ether oxygens (including phenoxy) is 1. The molecule has 4 rings (SSSR count). The van der Waals surface area contributed by atoms with Gasteiger partial charge in [0.15, 0.2) is 5.82 Å². The Balaban J connectivity index is 1.39. The first-order valence-corrected chi connectivity index (χ1v) is 11.4. The molecule has 0 radical (unpaired) electrons. The van der Waals surface area contributed by atoms with Crippen LogP contribution < -0.4 is 5.32 Å². The van der Waals surface area contributed by atoms with E-state index in [1.807, 2.05) is 69.9 Å². The highest BCUT2D eigenvalue weighted by Crippen LogP contribution is 2.23. The largest absolute Gasteiger partial charge is 0.444 e. The number of hydrogen-bond donors (Lipinski definition) is 1. The zero-order valence-electron chi connectivity index (χ0n) is 19.8. The van der Waals surface area contributed by atoms with Gasteiger partial charge in [0.1, 0.15) is 5.60 Å². The number of rotatable bonds is 6. The van der Waals surface area contributed by atoms with E-state index >= 15 is 0 Å². The van der Waals surface area contributed by atoms with Crippen LogP contribution in [0, 0.1) is 0 Å². The van der Waals surface area contributed by atoms with Crippen molar-refractivity contribution in [2.45, 2.75) is 32.8 Å². The van der Waals surface area contributed by atoms with Gasteiger partial charge in [-0.1, -0.05) is 36.4 Å². The van der Waals surface area contributed by atoms with E-state index in [1.165, 1.54) is 0 Å². The normalized spacial score (nSPS) is 15.3. The number of carbonyl (C=O) groups is 1. The maximum absolute atomic E-state index is 11.8. The molecular formula is C27H29N5O2. The van der Waals surface area contributed by atoms with E-state index in [0.717, 1.165) is 40.0 Å². The monoisotopic (exact) mass is 455 g/mol. The Morgan fingerprint density at radius 2 is 1.76 bits per heavy atom. The van der Waals surface area contributed by atoms with Gasteiger partial charge in [-0.15, -0.1) is 0 Å². The highest BCUT2D eigenvalue weighted by atomic mass is 16.6.